The van der Waals surface area contributed by atoms with E-state index in [0.717, 1.165) is 38.3 Å². The van der Waals surface area contributed by atoms with E-state index in [1.54, 1.807) is 0 Å². The first-order valence-corrected chi connectivity index (χ1v) is 10.5. The molecule has 0 aromatic heterocycles. The first-order valence-electron chi connectivity index (χ1n) is 10.5. The molecule has 0 heterocycles. The summed E-state index contributed by atoms with van der Waals surface area (Å²) in [7, 11) is 2.54. The highest BCUT2D eigenvalue weighted by Crippen LogP contribution is 2.34. The lowest BCUT2D eigenvalue weighted by Gasteiger charge is -2.38. The number of carbonyl (C=O) groups excluding carboxylic acids is 2. The van der Waals surface area contributed by atoms with Crippen LogP contribution < -0.4 is 10.1 Å². The Labute approximate surface area is 186 Å². The molecular weight excluding hydrogens is 430 g/mol. The van der Waals surface area contributed by atoms with Crippen LogP contribution in [0.15, 0.2) is 18.2 Å². The van der Waals surface area contributed by atoms with E-state index in [4.69, 9.17) is 4.74 Å². The van der Waals surface area contributed by atoms with E-state index in [1.807, 2.05) is 11.8 Å². The highest BCUT2D eigenvalue weighted by Gasteiger charge is 2.51. The van der Waals surface area contributed by atoms with Gasteiger partial charge in [-0.15, -0.1) is 0 Å². The van der Waals surface area contributed by atoms with Gasteiger partial charge in [-0.3, -0.25) is 14.5 Å². The Morgan fingerprint density at radius 1 is 1.09 bits per heavy atom. The lowest BCUT2D eigenvalue weighted by Crippen LogP contribution is -2.57. The molecule has 0 aliphatic carbocycles. The van der Waals surface area contributed by atoms with Crippen molar-refractivity contribution in [1.29, 1.82) is 0 Å². The molecule has 0 radical (unpaired) electrons. The third-order valence-corrected chi connectivity index (χ3v) is 5.36. The van der Waals surface area contributed by atoms with Gasteiger partial charge in [0.1, 0.15) is 17.1 Å². The first kappa shape index (κ1) is 27.7. The minimum atomic E-state index is -4.53. The summed E-state index contributed by atoms with van der Waals surface area (Å²) in [5, 5.41) is 2.70. The molecule has 1 aromatic rings. The van der Waals surface area contributed by atoms with Gasteiger partial charge in [0.05, 0.1) is 13.7 Å². The number of likely N-dealkylation sites (N-methyl/N-ethyl adjacent to an activating group) is 1. The minimum Gasteiger partial charge on any atom is -0.497 e. The van der Waals surface area contributed by atoms with Crippen molar-refractivity contribution in [3.63, 3.8) is 0 Å². The van der Waals surface area contributed by atoms with Gasteiger partial charge in [-0.2, -0.15) is 13.2 Å². The maximum absolute atomic E-state index is 13.5. The predicted octanol–water partition coefficient (Wildman–Crippen LogP) is 3.86. The Balaban J connectivity index is 2.52. The second kappa shape index (κ2) is 12.0. The quantitative estimate of drug-likeness (QED) is 0.378. The first-order chi connectivity index (χ1) is 14.8. The second-order valence-electron chi connectivity index (χ2n) is 8.13. The predicted molar refractivity (Wildman–Crippen MR) is 114 cm³/mol. The van der Waals surface area contributed by atoms with Crippen molar-refractivity contribution in [3.05, 3.63) is 29.6 Å². The number of benzene rings is 1. The van der Waals surface area contributed by atoms with Gasteiger partial charge in [-0.25, -0.2) is 4.39 Å². The maximum atomic E-state index is 13.5. The number of hydrogen-bond acceptors (Lipinski definition) is 4. The summed E-state index contributed by atoms with van der Waals surface area (Å²) in [6.07, 6.45) is -2.56. The van der Waals surface area contributed by atoms with Crippen LogP contribution in [0.3, 0.4) is 0 Å². The lowest BCUT2D eigenvalue weighted by atomic mass is 10.0. The number of methoxy groups -OCH3 is 1. The van der Waals surface area contributed by atoms with Crippen molar-refractivity contribution in [1.82, 2.24) is 15.1 Å². The highest BCUT2D eigenvalue weighted by atomic mass is 19.4. The van der Waals surface area contributed by atoms with Crippen LogP contribution in [-0.4, -0.2) is 73.7 Å². The third-order valence-electron chi connectivity index (χ3n) is 5.36. The normalized spacial score (nSPS) is 12.1. The molecule has 0 bridgehead atoms. The third kappa shape index (κ3) is 7.96. The van der Waals surface area contributed by atoms with E-state index < -0.39 is 29.3 Å². The summed E-state index contributed by atoms with van der Waals surface area (Å²) in [5.74, 6) is -1.37. The van der Waals surface area contributed by atoms with Gasteiger partial charge in [-0.05, 0) is 58.3 Å². The number of hydrogen-bond donors (Lipinski definition) is 1. The average Bonchev–Trinajstić information content (AvgIpc) is 2.71. The Kier molecular flexibility index (Phi) is 10.4. The number of halogens is 4. The largest absolute Gasteiger partial charge is 0.497 e. The van der Waals surface area contributed by atoms with Crippen molar-refractivity contribution < 1.29 is 31.9 Å². The zero-order valence-electron chi connectivity index (χ0n) is 19.3. The van der Waals surface area contributed by atoms with Crippen molar-refractivity contribution in [2.24, 2.45) is 0 Å². The Hall–Kier alpha value is -2.36. The molecule has 10 heteroatoms. The number of carbonyl (C=O) groups is 2. The molecule has 0 saturated heterocycles. The fraction of sp³-hybridized carbons (Fsp3) is 0.636. The number of unbranched alkanes of at least 4 members (excludes halogenated alkanes) is 1. The summed E-state index contributed by atoms with van der Waals surface area (Å²) >= 11 is 0. The van der Waals surface area contributed by atoms with Crippen LogP contribution in [0.25, 0.3) is 0 Å². The second-order valence-corrected chi connectivity index (χ2v) is 8.13. The van der Waals surface area contributed by atoms with Gasteiger partial charge in [0.15, 0.2) is 0 Å². The summed E-state index contributed by atoms with van der Waals surface area (Å²) < 4.78 is 58.1. The van der Waals surface area contributed by atoms with E-state index in [2.05, 4.69) is 5.32 Å². The summed E-state index contributed by atoms with van der Waals surface area (Å²) in [6.45, 7) is 5.18. The number of ether oxygens (including phenoxy) is 1. The molecule has 0 saturated carbocycles. The van der Waals surface area contributed by atoms with Crippen LogP contribution in [0.1, 0.15) is 50.4 Å². The molecule has 0 atom stereocenters. The zero-order chi connectivity index (χ0) is 24.5. The molecule has 1 rings (SSSR count). The van der Waals surface area contributed by atoms with Crippen molar-refractivity contribution in [3.8, 4) is 5.75 Å². The molecular formula is C22H33F4N3O3. The van der Waals surface area contributed by atoms with Crippen LogP contribution in [-0.2, 0) is 4.79 Å². The SMILES string of the molecule is CCCN(CCCCNC(=O)c1cc(F)cc(OC)c1)CC(=O)N(C)C(C)(C)C(F)(F)F. The molecule has 1 N–H and O–H groups in total. The molecule has 0 unspecified atom stereocenters. The Morgan fingerprint density at radius 3 is 2.31 bits per heavy atom. The van der Waals surface area contributed by atoms with Gasteiger partial charge in [0.2, 0.25) is 5.91 Å². The molecule has 0 aliphatic heterocycles. The van der Waals surface area contributed by atoms with E-state index in [0.29, 0.717) is 32.5 Å². The average molecular weight is 464 g/mol. The van der Waals surface area contributed by atoms with Gasteiger partial charge in [0.25, 0.3) is 5.91 Å². The molecule has 182 valence electrons. The molecule has 6 nitrogen and oxygen atoms in total. The van der Waals surface area contributed by atoms with Crippen molar-refractivity contribution in [2.45, 2.75) is 51.7 Å². The molecule has 0 fully saturated rings. The van der Waals surface area contributed by atoms with Gasteiger partial charge < -0.3 is 15.0 Å². The van der Waals surface area contributed by atoms with E-state index in [1.165, 1.54) is 19.2 Å². The zero-order valence-corrected chi connectivity index (χ0v) is 19.3. The lowest BCUT2D eigenvalue weighted by molar-refractivity contribution is -0.217. The van der Waals surface area contributed by atoms with E-state index >= 15 is 0 Å². The topological polar surface area (TPSA) is 61.9 Å². The molecule has 32 heavy (non-hydrogen) atoms. The van der Waals surface area contributed by atoms with Gasteiger partial charge >= 0.3 is 6.18 Å². The monoisotopic (exact) mass is 463 g/mol. The van der Waals surface area contributed by atoms with Gasteiger partial charge in [-0.1, -0.05) is 6.92 Å². The van der Waals surface area contributed by atoms with Crippen LogP contribution in [0.2, 0.25) is 0 Å². The maximum Gasteiger partial charge on any atom is 0.411 e. The fourth-order valence-corrected chi connectivity index (χ4v) is 2.96. The van der Waals surface area contributed by atoms with Crippen LogP contribution in [0, 0.1) is 5.82 Å². The minimum absolute atomic E-state index is 0.112. The Bertz CT molecular complexity index is 769. The summed E-state index contributed by atoms with van der Waals surface area (Å²) in [5.41, 5.74) is -2.11. The molecule has 2 amide bonds. The smallest absolute Gasteiger partial charge is 0.411 e. The Morgan fingerprint density at radius 2 is 1.75 bits per heavy atom. The van der Waals surface area contributed by atoms with Crippen LogP contribution in [0.4, 0.5) is 17.6 Å². The number of nitrogens with one attached hydrogen (secondary N) is 1. The molecule has 0 spiro atoms. The number of alkyl halides is 3. The van der Waals surface area contributed by atoms with Crippen LogP contribution >= 0.6 is 0 Å². The fourth-order valence-electron chi connectivity index (χ4n) is 2.96. The van der Waals surface area contributed by atoms with Gasteiger partial charge in [0, 0.05) is 25.2 Å². The van der Waals surface area contributed by atoms with E-state index in [9.17, 15) is 27.2 Å². The highest BCUT2D eigenvalue weighted by molar-refractivity contribution is 5.94. The number of amides is 2. The van der Waals surface area contributed by atoms with Crippen LogP contribution in [0.5, 0.6) is 5.75 Å². The van der Waals surface area contributed by atoms with Crippen molar-refractivity contribution in [2.75, 3.05) is 40.3 Å². The molecule has 1 aromatic carbocycles. The standard InChI is InChI=1S/C22H33F4N3O3/c1-6-10-29(15-19(30)28(4)21(2,3)22(24,25)26)11-8-7-9-27-20(31)16-12-17(23)14-18(13-16)32-5/h12-14H,6-11,15H2,1-5H3,(H,27,31). The summed E-state index contributed by atoms with van der Waals surface area (Å²) in [6, 6.07) is 3.73. The number of rotatable bonds is 12. The molecule has 0 aliphatic rings. The number of nitrogens with zero attached hydrogens (tertiary/aromatic N) is 2. The van der Waals surface area contributed by atoms with E-state index in [-0.39, 0.29) is 17.9 Å². The van der Waals surface area contributed by atoms with Crippen molar-refractivity contribution >= 4 is 11.8 Å². The summed E-state index contributed by atoms with van der Waals surface area (Å²) in [4.78, 5) is 27.1.